The topological polar surface area (TPSA) is 96.7 Å². The number of hydrogen-bond acceptors (Lipinski definition) is 7. The van der Waals surface area contributed by atoms with Gasteiger partial charge in [-0.1, -0.05) is 26.0 Å². The van der Waals surface area contributed by atoms with E-state index in [1.807, 2.05) is 42.5 Å². The third-order valence-electron chi connectivity index (χ3n) is 5.65. The Morgan fingerprint density at radius 3 is 2.88 bits per heavy atom. The number of aromatic nitrogens is 4. The average molecular weight is 468 g/mol. The molecule has 0 unspecified atom stereocenters. The molecule has 8 heteroatoms. The molecule has 4 heterocycles. The van der Waals surface area contributed by atoms with Gasteiger partial charge >= 0.3 is 0 Å². The summed E-state index contributed by atoms with van der Waals surface area (Å²) in [4.78, 5) is 22.8. The molecule has 0 amide bonds. The summed E-state index contributed by atoms with van der Waals surface area (Å²) in [6, 6.07) is 15.8. The third kappa shape index (κ3) is 3.72. The van der Waals surface area contributed by atoms with Gasteiger partial charge in [-0.3, -0.25) is 9.89 Å². The van der Waals surface area contributed by atoms with Crippen molar-refractivity contribution in [3.05, 3.63) is 65.9 Å². The first-order valence-electron chi connectivity index (χ1n) is 11.1. The molecule has 0 aliphatic heterocycles. The lowest BCUT2D eigenvalue weighted by molar-refractivity contribution is 0.0972. The van der Waals surface area contributed by atoms with E-state index in [-0.39, 0.29) is 5.78 Å². The fourth-order valence-electron chi connectivity index (χ4n) is 4.01. The molecule has 7 nitrogen and oxygen atoms in total. The van der Waals surface area contributed by atoms with Crippen molar-refractivity contribution in [1.82, 2.24) is 20.2 Å². The number of nitrogens with zero attached hydrogens (tertiary/aromatic N) is 3. The van der Waals surface area contributed by atoms with E-state index < -0.39 is 0 Å². The van der Waals surface area contributed by atoms with Crippen LogP contribution in [-0.2, 0) is 0 Å². The van der Waals surface area contributed by atoms with E-state index in [1.165, 1.54) is 11.3 Å². The zero-order chi connectivity index (χ0) is 23.2. The summed E-state index contributed by atoms with van der Waals surface area (Å²) in [7, 11) is 0. The van der Waals surface area contributed by atoms with Crippen molar-refractivity contribution in [3.63, 3.8) is 0 Å². The number of thiophene rings is 1. The molecule has 4 aromatic heterocycles. The minimum Gasteiger partial charge on any atom is -0.459 e. The number of anilines is 2. The van der Waals surface area contributed by atoms with Crippen LogP contribution in [0.4, 0.5) is 11.5 Å². The Labute approximate surface area is 198 Å². The Morgan fingerprint density at radius 1 is 1.09 bits per heavy atom. The van der Waals surface area contributed by atoms with Gasteiger partial charge in [0.25, 0.3) is 0 Å². The zero-order valence-corrected chi connectivity index (χ0v) is 19.4. The first kappa shape index (κ1) is 20.6. The third-order valence-corrected chi connectivity index (χ3v) is 6.79. The molecular weight excluding hydrogens is 446 g/mol. The van der Waals surface area contributed by atoms with Gasteiger partial charge in [-0.2, -0.15) is 5.10 Å². The number of hydrogen-bond donors (Lipinski definition) is 2. The number of fused-ring (bicyclic) bond motifs is 3. The molecule has 0 saturated carbocycles. The normalized spacial score (nSPS) is 11.7. The second kappa shape index (κ2) is 8.07. The van der Waals surface area contributed by atoms with Gasteiger partial charge in [-0.15, -0.1) is 11.3 Å². The van der Waals surface area contributed by atoms with Gasteiger partial charge in [-0.25, -0.2) is 9.97 Å². The molecule has 6 rings (SSSR count). The monoisotopic (exact) mass is 467 g/mol. The van der Waals surface area contributed by atoms with Crippen molar-refractivity contribution in [2.45, 2.75) is 20.3 Å². The Bertz CT molecular complexity index is 1680. The fourth-order valence-corrected chi connectivity index (χ4v) is 5.06. The summed E-state index contributed by atoms with van der Waals surface area (Å²) < 4.78 is 6.72. The minimum atomic E-state index is 0.190. The molecule has 0 aliphatic carbocycles. The molecule has 2 aromatic carbocycles. The van der Waals surface area contributed by atoms with Crippen LogP contribution in [0.2, 0.25) is 0 Å². The van der Waals surface area contributed by atoms with E-state index in [4.69, 9.17) is 14.4 Å². The number of rotatable bonds is 6. The molecule has 0 aliphatic rings. The second-order valence-corrected chi connectivity index (χ2v) is 9.80. The highest BCUT2D eigenvalue weighted by molar-refractivity contribution is 7.20. The molecule has 0 atom stereocenters. The van der Waals surface area contributed by atoms with Crippen molar-refractivity contribution in [1.29, 1.82) is 0 Å². The maximum absolute atomic E-state index is 12.5. The Morgan fingerprint density at radius 2 is 2.00 bits per heavy atom. The van der Waals surface area contributed by atoms with Crippen LogP contribution in [0.5, 0.6) is 0 Å². The smallest absolute Gasteiger partial charge is 0.194 e. The number of carbonyl (C=O) groups excluding carboxylic acids is 1. The number of aromatic amines is 1. The molecule has 2 N–H and O–H groups in total. The van der Waals surface area contributed by atoms with Gasteiger partial charge in [0.2, 0.25) is 0 Å². The zero-order valence-electron chi connectivity index (χ0n) is 18.6. The van der Waals surface area contributed by atoms with Crippen molar-refractivity contribution >= 4 is 60.7 Å². The summed E-state index contributed by atoms with van der Waals surface area (Å²) in [5.41, 5.74) is 4.03. The van der Waals surface area contributed by atoms with Crippen molar-refractivity contribution in [2.24, 2.45) is 5.92 Å². The number of carbonyl (C=O) groups is 1. The molecule has 0 saturated heterocycles. The minimum absolute atomic E-state index is 0.190. The highest BCUT2D eigenvalue weighted by Crippen LogP contribution is 2.33. The Hall–Kier alpha value is -4.04. The number of nitrogens with one attached hydrogen (secondary N) is 2. The molecule has 0 spiro atoms. The van der Waals surface area contributed by atoms with E-state index in [9.17, 15) is 4.79 Å². The Balaban J connectivity index is 1.39. The van der Waals surface area contributed by atoms with Crippen molar-refractivity contribution in [3.8, 4) is 11.4 Å². The van der Waals surface area contributed by atoms with E-state index in [0.717, 1.165) is 42.6 Å². The van der Waals surface area contributed by atoms with Crippen LogP contribution >= 0.6 is 11.3 Å². The summed E-state index contributed by atoms with van der Waals surface area (Å²) in [5, 5.41) is 12.5. The average Bonchev–Trinajstić information content (AvgIpc) is 3.56. The number of Topliss-reactive ketones (excluding diaryl/α,β-unsaturated/α-hetero) is 1. The van der Waals surface area contributed by atoms with Gasteiger partial charge in [-0.05, 0) is 41.6 Å². The van der Waals surface area contributed by atoms with Crippen LogP contribution in [0.15, 0.2) is 65.4 Å². The largest absolute Gasteiger partial charge is 0.459 e. The lowest BCUT2D eigenvalue weighted by Crippen LogP contribution is -2.00. The van der Waals surface area contributed by atoms with Crippen molar-refractivity contribution in [2.75, 3.05) is 5.32 Å². The van der Waals surface area contributed by atoms with Gasteiger partial charge in [0.05, 0.1) is 22.9 Å². The fraction of sp³-hybridized carbons (Fsp3) is 0.154. The van der Waals surface area contributed by atoms with Crippen LogP contribution in [0, 0.1) is 5.92 Å². The molecule has 0 fully saturated rings. The lowest BCUT2D eigenvalue weighted by atomic mass is 10.1. The molecule has 34 heavy (non-hydrogen) atoms. The summed E-state index contributed by atoms with van der Waals surface area (Å²) in [5.74, 6) is 1.71. The van der Waals surface area contributed by atoms with Gasteiger partial charge in [0.1, 0.15) is 5.52 Å². The molecule has 6 aromatic rings. The van der Waals surface area contributed by atoms with Crippen molar-refractivity contribution < 1.29 is 9.21 Å². The number of furan rings is 1. The molecule has 0 radical (unpaired) electrons. The van der Waals surface area contributed by atoms with Crippen LogP contribution in [0.25, 0.3) is 43.5 Å². The quantitative estimate of drug-likeness (QED) is 0.257. The molecule has 168 valence electrons. The first-order valence-corrected chi connectivity index (χ1v) is 11.9. The van der Waals surface area contributed by atoms with Gasteiger partial charge in [0.15, 0.2) is 23.0 Å². The number of H-pyrrole nitrogens is 1. The molecular formula is C26H21N5O2S. The summed E-state index contributed by atoms with van der Waals surface area (Å²) >= 11 is 1.52. The second-order valence-electron chi connectivity index (χ2n) is 8.71. The summed E-state index contributed by atoms with van der Waals surface area (Å²) in [6.07, 6.45) is 3.95. The number of ketones is 1. The highest BCUT2D eigenvalue weighted by Gasteiger charge is 2.16. The SMILES string of the molecule is CC(C)CC(=O)c1cc2ccc(-c3nc(Nc4ccc5[nH]ncc5c4)c4occc4n3)cc2s1. The highest BCUT2D eigenvalue weighted by atomic mass is 32.1. The lowest BCUT2D eigenvalue weighted by Gasteiger charge is -2.08. The standard InChI is InChI=1S/C26H21N5O2S/c1-14(2)9-21(32)23-11-15-3-4-16(12-22(15)34-23)25-29-20-7-8-33-24(20)26(30-25)28-18-5-6-19-17(10-18)13-27-31-19/h3-8,10-14H,9H2,1-2H3,(H,27,31)(H,28,29,30). The number of benzene rings is 2. The summed E-state index contributed by atoms with van der Waals surface area (Å²) in [6.45, 7) is 4.12. The van der Waals surface area contributed by atoms with E-state index >= 15 is 0 Å². The van der Waals surface area contributed by atoms with Crippen LogP contribution in [-0.4, -0.2) is 25.9 Å². The van der Waals surface area contributed by atoms with E-state index in [0.29, 0.717) is 29.6 Å². The van der Waals surface area contributed by atoms with Gasteiger partial charge in [0, 0.05) is 33.8 Å². The van der Waals surface area contributed by atoms with E-state index in [2.05, 4.69) is 35.4 Å². The van der Waals surface area contributed by atoms with E-state index in [1.54, 1.807) is 12.5 Å². The van der Waals surface area contributed by atoms with Crippen LogP contribution in [0.1, 0.15) is 29.9 Å². The predicted octanol–water partition coefficient (Wildman–Crippen LogP) is 6.95. The first-order chi connectivity index (χ1) is 16.5. The van der Waals surface area contributed by atoms with Gasteiger partial charge < -0.3 is 9.73 Å². The van der Waals surface area contributed by atoms with Crippen LogP contribution < -0.4 is 5.32 Å². The predicted molar refractivity (Wildman–Crippen MR) is 136 cm³/mol. The maximum atomic E-state index is 12.5. The van der Waals surface area contributed by atoms with Crippen LogP contribution in [0.3, 0.4) is 0 Å². The maximum Gasteiger partial charge on any atom is 0.194 e. The Kier molecular flexibility index (Phi) is 4.88. The molecule has 0 bridgehead atoms.